The van der Waals surface area contributed by atoms with Crippen molar-refractivity contribution in [1.29, 1.82) is 0 Å². The first-order valence-corrected chi connectivity index (χ1v) is 13.1. The molecule has 0 radical (unpaired) electrons. The van der Waals surface area contributed by atoms with Crippen molar-refractivity contribution < 1.29 is 18.0 Å². The monoisotopic (exact) mass is 469 g/mol. The summed E-state index contributed by atoms with van der Waals surface area (Å²) in [7, 11) is -3.94. The lowest BCUT2D eigenvalue weighted by molar-refractivity contribution is -0.123. The van der Waals surface area contributed by atoms with E-state index in [9.17, 15) is 18.0 Å². The van der Waals surface area contributed by atoms with Gasteiger partial charge in [-0.05, 0) is 73.8 Å². The van der Waals surface area contributed by atoms with Crippen LogP contribution in [0.5, 0.6) is 0 Å². The Balaban J connectivity index is 1.53. The van der Waals surface area contributed by atoms with Gasteiger partial charge in [-0.15, -0.1) is 0 Å². The van der Waals surface area contributed by atoms with Gasteiger partial charge in [-0.2, -0.15) is 4.72 Å². The number of sulfonamides is 1. The van der Waals surface area contributed by atoms with E-state index in [1.807, 2.05) is 30.3 Å². The molecule has 2 aromatic rings. The van der Waals surface area contributed by atoms with Crippen LogP contribution in [-0.2, 0) is 32.5 Å². The Kier molecular flexibility index (Phi) is 7.14. The number of aryl methyl sites for hydroxylation is 1. The summed E-state index contributed by atoms with van der Waals surface area (Å²) in [6.07, 6.45) is 5.01. The summed E-state index contributed by atoms with van der Waals surface area (Å²) in [5, 5.41) is 5.84. The molecule has 2 aliphatic rings. The van der Waals surface area contributed by atoms with Crippen molar-refractivity contribution in [2.24, 2.45) is 5.92 Å². The number of anilines is 1. The molecule has 1 atom stereocenters. The molecule has 176 valence electrons. The van der Waals surface area contributed by atoms with Gasteiger partial charge in [0.1, 0.15) is 6.04 Å². The predicted molar refractivity (Wildman–Crippen MR) is 127 cm³/mol. The van der Waals surface area contributed by atoms with Crippen LogP contribution >= 0.6 is 0 Å². The predicted octanol–water partition coefficient (Wildman–Crippen LogP) is 3.16. The van der Waals surface area contributed by atoms with E-state index >= 15 is 0 Å². The molecule has 0 spiro atoms. The molecule has 1 unspecified atom stereocenters. The average Bonchev–Trinajstić information content (AvgIpc) is 2.80. The van der Waals surface area contributed by atoms with Gasteiger partial charge in [0.25, 0.3) is 0 Å². The van der Waals surface area contributed by atoms with E-state index in [4.69, 9.17) is 0 Å². The third kappa shape index (κ3) is 6.00. The highest BCUT2D eigenvalue weighted by Crippen LogP contribution is 2.26. The van der Waals surface area contributed by atoms with E-state index in [0.717, 1.165) is 36.8 Å². The van der Waals surface area contributed by atoms with Gasteiger partial charge in [-0.25, -0.2) is 8.42 Å². The summed E-state index contributed by atoms with van der Waals surface area (Å²) < 4.78 is 29.1. The van der Waals surface area contributed by atoms with Crippen LogP contribution in [0.1, 0.15) is 50.2 Å². The fraction of sp³-hybridized carbons (Fsp3) is 0.440. The standard InChI is InChI=1S/C25H31N3O4S/c1-17-7-10-20(11-8-17)26-25(30)23(15-18-5-3-2-4-6-18)28-33(31,32)21-12-13-22-19(16-21)9-14-24(29)27-22/h2-6,12-13,16-17,20,23,28H,7-11,14-15H2,1H3,(H,26,30)(H,27,29). The van der Waals surface area contributed by atoms with E-state index in [1.165, 1.54) is 6.07 Å². The quantitative estimate of drug-likeness (QED) is 0.579. The molecule has 0 aromatic heterocycles. The lowest BCUT2D eigenvalue weighted by Gasteiger charge is -2.29. The average molecular weight is 470 g/mol. The first-order valence-electron chi connectivity index (χ1n) is 11.6. The zero-order valence-corrected chi connectivity index (χ0v) is 19.7. The van der Waals surface area contributed by atoms with E-state index in [1.54, 1.807) is 12.1 Å². The summed E-state index contributed by atoms with van der Waals surface area (Å²) in [5.74, 6) is 0.283. The van der Waals surface area contributed by atoms with Crippen molar-refractivity contribution in [3.63, 3.8) is 0 Å². The highest BCUT2D eigenvalue weighted by atomic mass is 32.2. The van der Waals surface area contributed by atoms with E-state index < -0.39 is 16.1 Å². The van der Waals surface area contributed by atoms with Gasteiger partial charge in [-0.3, -0.25) is 9.59 Å². The number of benzene rings is 2. The maximum Gasteiger partial charge on any atom is 0.241 e. The Morgan fingerprint density at radius 1 is 1.06 bits per heavy atom. The van der Waals surface area contributed by atoms with Gasteiger partial charge in [0, 0.05) is 18.2 Å². The highest BCUT2D eigenvalue weighted by Gasteiger charge is 2.29. The lowest BCUT2D eigenvalue weighted by Crippen LogP contribution is -2.51. The second kappa shape index (κ2) is 10.1. The highest BCUT2D eigenvalue weighted by molar-refractivity contribution is 7.89. The molecular formula is C25H31N3O4S. The molecule has 0 bridgehead atoms. The first kappa shape index (κ1) is 23.4. The van der Waals surface area contributed by atoms with Crippen molar-refractivity contribution in [3.05, 3.63) is 59.7 Å². The molecule has 2 aromatic carbocycles. The van der Waals surface area contributed by atoms with Gasteiger partial charge in [0.15, 0.2) is 0 Å². The minimum absolute atomic E-state index is 0.0730. The van der Waals surface area contributed by atoms with Crippen LogP contribution in [0.25, 0.3) is 0 Å². The maximum absolute atomic E-state index is 13.2. The van der Waals surface area contributed by atoms with Crippen LogP contribution in [0.15, 0.2) is 53.4 Å². The van der Waals surface area contributed by atoms with Gasteiger partial charge in [0.2, 0.25) is 21.8 Å². The molecule has 1 saturated carbocycles. The zero-order chi connectivity index (χ0) is 23.4. The fourth-order valence-electron chi connectivity index (χ4n) is 4.53. The fourth-order valence-corrected chi connectivity index (χ4v) is 5.77. The number of nitrogens with one attached hydrogen (secondary N) is 3. The van der Waals surface area contributed by atoms with Crippen LogP contribution in [0.2, 0.25) is 0 Å². The third-order valence-electron chi connectivity index (χ3n) is 6.54. The van der Waals surface area contributed by atoms with Crippen molar-refractivity contribution in [2.75, 3.05) is 5.32 Å². The van der Waals surface area contributed by atoms with Crippen molar-refractivity contribution in [2.45, 2.75) is 68.8 Å². The van der Waals surface area contributed by atoms with E-state index in [2.05, 4.69) is 22.3 Å². The number of fused-ring (bicyclic) bond motifs is 1. The Labute approximate surface area is 195 Å². The SMILES string of the molecule is CC1CCC(NC(=O)C(Cc2ccccc2)NS(=O)(=O)c2ccc3c(c2)CCC(=O)N3)CC1. The van der Waals surface area contributed by atoms with E-state index in [-0.39, 0.29) is 29.2 Å². The largest absolute Gasteiger partial charge is 0.352 e. The van der Waals surface area contributed by atoms with E-state index in [0.29, 0.717) is 24.4 Å². The molecule has 0 saturated heterocycles. The van der Waals surface area contributed by atoms with Gasteiger partial charge in [0.05, 0.1) is 4.90 Å². The second-order valence-electron chi connectivity index (χ2n) is 9.20. The topological polar surface area (TPSA) is 104 Å². The Morgan fingerprint density at radius 2 is 1.79 bits per heavy atom. The Bertz CT molecular complexity index is 1110. The molecule has 8 heteroatoms. The number of carbonyl (C=O) groups is 2. The summed E-state index contributed by atoms with van der Waals surface area (Å²) in [4.78, 5) is 24.9. The van der Waals surface area contributed by atoms with Crippen molar-refractivity contribution in [3.8, 4) is 0 Å². The molecule has 33 heavy (non-hydrogen) atoms. The number of hydrogen-bond donors (Lipinski definition) is 3. The molecule has 1 aliphatic carbocycles. The molecule has 3 N–H and O–H groups in total. The number of amides is 2. The second-order valence-corrected chi connectivity index (χ2v) is 10.9. The van der Waals surface area contributed by atoms with Crippen LogP contribution in [0.4, 0.5) is 5.69 Å². The Hall–Kier alpha value is -2.71. The normalized spacial score (nSPS) is 21.5. The van der Waals surface area contributed by atoms with Crippen molar-refractivity contribution in [1.82, 2.24) is 10.0 Å². The van der Waals surface area contributed by atoms with Gasteiger partial charge < -0.3 is 10.6 Å². The van der Waals surface area contributed by atoms with Crippen LogP contribution in [0, 0.1) is 5.92 Å². The molecule has 2 amide bonds. The number of carbonyl (C=O) groups excluding carboxylic acids is 2. The van der Waals surface area contributed by atoms with Crippen LogP contribution in [-0.4, -0.2) is 32.3 Å². The number of hydrogen-bond acceptors (Lipinski definition) is 4. The van der Waals surface area contributed by atoms with Crippen molar-refractivity contribution >= 4 is 27.5 Å². The van der Waals surface area contributed by atoms with Gasteiger partial charge in [-0.1, -0.05) is 37.3 Å². The third-order valence-corrected chi connectivity index (χ3v) is 8.01. The molecule has 1 aliphatic heterocycles. The molecular weight excluding hydrogens is 438 g/mol. The summed E-state index contributed by atoms with van der Waals surface area (Å²) in [6.45, 7) is 2.22. The molecule has 7 nitrogen and oxygen atoms in total. The van der Waals surface area contributed by atoms with Gasteiger partial charge >= 0.3 is 0 Å². The summed E-state index contributed by atoms with van der Waals surface area (Å²) in [6, 6.07) is 13.2. The Morgan fingerprint density at radius 3 is 2.52 bits per heavy atom. The first-order chi connectivity index (χ1) is 15.8. The smallest absolute Gasteiger partial charge is 0.241 e. The molecule has 1 fully saturated rings. The summed E-state index contributed by atoms with van der Waals surface area (Å²) >= 11 is 0. The molecule has 4 rings (SSSR count). The zero-order valence-electron chi connectivity index (χ0n) is 18.8. The van der Waals surface area contributed by atoms with Crippen LogP contribution in [0.3, 0.4) is 0 Å². The minimum Gasteiger partial charge on any atom is -0.352 e. The lowest BCUT2D eigenvalue weighted by atomic mass is 9.87. The number of rotatable bonds is 7. The minimum atomic E-state index is -3.94. The summed E-state index contributed by atoms with van der Waals surface area (Å²) in [5.41, 5.74) is 2.29. The van der Waals surface area contributed by atoms with Crippen LogP contribution < -0.4 is 15.4 Å². The molecule has 1 heterocycles. The maximum atomic E-state index is 13.2.